The summed E-state index contributed by atoms with van der Waals surface area (Å²) in [6, 6.07) is 15.6. The summed E-state index contributed by atoms with van der Waals surface area (Å²) < 4.78 is 37.0. The summed E-state index contributed by atoms with van der Waals surface area (Å²) in [6.07, 6.45) is 0. The van der Waals surface area contributed by atoms with Crippen molar-refractivity contribution in [2.45, 2.75) is 4.90 Å². The normalized spacial score (nSPS) is 10.8. The first kappa shape index (κ1) is 24.7. The number of nitrogens with one attached hydrogen (secondary N) is 2. The van der Waals surface area contributed by atoms with E-state index in [1.54, 1.807) is 18.2 Å². The molecule has 11 heteroatoms. The van der Waals surface area contributed by atoms with Crippen LogP contribution in [0.5, 0.6) is 0 Å². The Hall–Kier alpha value is -3.89. The number of esters is 2. The number of hydrogen-bond donors (Lipinski definition) is 2. The molecule has 9 nitrogen and oxygen atoms in total. The lowest BCUT2D eigenvalue weighted by Crippen LogP contribution is -2.18. The fraction of sp³-hybridized carbons (Fsp3) is 0.0870. The number of anilines is 2. The second-order valence-corrected chi connectivity index (χ2v) is 8.90. The van der Waals surface area contributed by atoms with Crippen LogP contribution in [0.15, 0.2) is 71.6 Å². The van der Waals surface area contributed by atoms with E-state index < -0.39 is 27.9 Å². The number of sulfonamides is 1. The largest absolute Gasteiger partial charge is 0.465 e. The van der Waals surface area contributed by atoms with Gasteiger partial charge in [0.05, 0.1) is 46.5 Å². The van der Waals surface area contributed by atoms with E-state index in [4.69, 9.17) is 16.3 Å². The molecule has 0 aliphatic heterocycles. The van der Waals surface area contributed by atoms with E-state index >= 15 is 0 Å². The molecule has 3 aromatic carbocycles. The van der Waals surface area contributed by atoms with Gasteiger partial charge in [-0.1, -0.05) is 29.8 Å². The smallest absolute Gasteiger partial charge is 0.339 e. The van der Waals surface area contributed by atoms with Gasteiger partial charge < -0.3 is 14.8 Å². The molecule has 2 N–H and O–H groups in total. The molecule has 0 spiro atoms. The van der Waals surface area contributed by atoms with Crippen LogP contribution in [0.1, 0.15) is 31.1 Å². The molecule has 0 saturated carbocycles. The number of amides is 1. The molecular formula is C23H19ClN2O7S. The maximum absolute atomic E-state index is 13.0. The van der Waals surface area contributed by atoms with Crippen molar-refractivity contribution in [2.75, 3.05) is 24.3 Å². The molecule has 0 unspecified atom stereocenters. The quantitative estimate of drug-likeness (QED) is 0.468. The summed E-state index contributed by atoms with van der Waals surface area (Å²) >= 11 is 6.18. The fourth-order valence-corrected chi connectivity index (χ4v) is 4.22. The Morgan fingerprint density at radius 1 is 0.824 bits per heavy atom. The Bertz CT molecular complexity index is 1360. The highest BCUT2D eigenvalue weighted by Gasteiger charge is 2.20. The Morgan fingerprint density at radius 3 is 2.15 bits per heavy atom. The van der Waals surface area contributed by atoms with Crippen LogP contribution in [0, 0.1) is 0 Å². The molecule has 1 amide bonds. The van der Waals surface area contributed by atoms with Gasteiger partial charge in [-0.2, -0.15) is 0 Å². The predicted octanol–water partition coefficient (Wildman–Crippen LogP) is 3.97. The van der Waals surface area contributed by atoms with E-state index in [9.17, 15) is 22.8 Å². The molecule has 0 atom stereocenters. The van der Waals surface area contributed by atoms with Crippen LogP contribution in [0.3, 0.4) is 0 Å². The maximum atomic E-state index is 13.0. The molecule has 0 aromatic heterocycles. The summed E-state index contributed by atoms with van der Waals surface area (Å²) in [5.41, 5.74) is 0.0664. The fourth-order valence-electron chi connectivity index (χ4n) is 2.95. The maximum Gasteiger partial charge on any atom is 0.339 e. The number of benzene rings is 3. The average Bonchev–Trinajstić information content (AvgIpc) is 2.84. The van der Waals surface area contributed by atoms with Gasteiger partial charge in [-0.15, -0.1) is 0 Å². The average molecular weight is 503 g/mol. The predicted molar refractivity (Wildman–Crippen MR) is 126 cm³/mol. The molecule has 0 aliphatic rings. The highest BCUT2D eigenvalue weighted by molar-refractivity contribution is 7.92. The number of carbonyl (C=O) groups excluding carboxylic acids is 3. The highest BCUT2D eigenvalue weighted by atomic mass is 35.5. The molecule has 3 rings (SSSR count). The topological polar surface area (TPSA) is 128 Å². The van der Waals surface area contributed by atoms with Gasteiger partial charge in [0.15, 0.2) is 0 Å². The molecule has 3 aromatic rings. The summed E-state index contributed by atoms with van der Waals surface area (Å²) in [4.78, 5) is 37.0. The second kappa shape index (κ2) is 10.4. The van der Waals surface area contributed by atoms with Gasteiger partial charge >= 0.3 is 11.9 Å². The Kier molecular flexibility index (Phi) is 7.54. The van der Waals surface area contributed by atoms with Crippen molar-refractivity contribution in [3.63, 3.8) is 0 Å². The van der Waals surface area contributed by atoms with Crippen LogP contribution in [-0.4, -0.2) is 40.5 Å². The summed E-state index contributed by atoms with van der Waals surface area (Å²) in [5, 5.41) is 2.55. The van der Waals surface area contributed by atoms with Gasteiger partial charge in [-0.25, -0.2) is 18.0 Å². The van der Waals surface area contributed by atoms with Crippen molar-refractivity contribution in [3.8, 4) is 0 Å². The van der Waals surface area contributed by atoms with Crippen LogP contribution in [0.25, 0.3) is 0 Å². The minimum absolute atomic E-state index is 0.0134. The first-order chi connectivity index (χ1) is 16.2. The van der Waals surface area contributed by atoms with Gasteiger partial charge in [-0.3, -0.25) is 9.52 Å². The van der Waals surface area contributed by atoms with Crippen LogP contribution < -0.4 is 10.0 Å². The van der Waals surface area contributed by atoms with Crippen molar-refractivity contribution >= 4 is 50.8 Å². The zero-order chi connectivity index (χ0) is 24.9. The third kappa shape index (κ3) is 5.53. The molecule has 176 valence electrons. The number of hydrogen-bond acceptors (Lipinski definition) is 7. The molecule has 0 bridgehead atoms. The zero-order valence-corrected chi connectivity index (χ0v) is 19.6. The third-order valence-corrected chi connectivity index (χ3v) is 6.34. The minimum atomic E-state index is -3.90. The molecule has 0 fully saturated rings. The SMILES string of the molecule is COC(=O)c1ccc(C(=O)OC)c(NC(=O)c2cc(NS(=O)(=O)c3ccccc3)ccc2Cl)c1. The van der Waals surface area contributed by atoms with Crippen LogP contribution >= 0.6 is 11.6 Å². The molecule has 0 heterocycles. The van der Waals surface area contributed by atoms with E-state index in [2.05, 4.69) is 14.8 Å². The van der Waals surface area contributed by atoms with Gasteiger partial charge in [0.2, 0.25) is 0 Å². The zero-order valence-electron chi connectivity index (χ0n) is 18.0. The molecule has 0 radical (unpaired) electrons. The van der Waals surface area contributed by atoms with Gasteiger partial charge in [0.1, 0.15) is 0 Å². The van der Waals surface area contributed by atoms with Crippen molar-refractivity contribution in [1.29, 1.82) is 0 Å². The van der Waals surface area contributed by atoms with E-state index in [-0.39, 0.29) is 38.0 Å². The van der Waals surface area contributed by atoms with Crippen LogP contribution in [0.2, 0.25) is 5.02 Å². The summed E-state index contributed by atoms with van der Waals surface area (Å²) in [7, 11) is -1.55. The Balaban J connectivity index is 1.94. The molecule has 0 saturated heterocycles. The second-order valence-electron chi connectivity index (χ2n) is 6.81. The summed E-state index contributed by atoms with van der Waals surface area (Å²) in [5.74, 6) is -2.18. The van der Waals surface area contributed by atoms with E-state index in [0.29, 0.717) is 0 Å². The number of carbonyl (C=O) groups is 3. The van der Waals surface area contributed by atoms with E-state index in [1.165, 1.54) is 62.8 Å². The van der Waals surface area contributed by atoms with Crippen molar-refractivity contribution in [3.05, 3.63) is 88.4 Å². The van der Waals surface area contributed by atoms with E-state index in [0.717, 1.165) is 0 Å². The lowest BCUT2D eigenvalue weighted by Gasteiger charge is -2.13. The number of halogens is 1. The van der Waals surface area contributed by atoms with Crippen LogP contribution in [-0.2, 0) is 19.5 Å². The standard InChI is InChI=1S/C23H19ClN2O7S/c1-32-22(28)14-8-10-17(23(29)33-2)20(12-14)25-21(27)18-13-15(9-11-19(18)24)26-34(30,31)16-6-4-3-5-7-16/h3-13,26H,1-2H3,(H,25,27). The lowest BCUT2D eigenvalue weighted by molar-refractivity contribution is 0.0587. The van der Waals surface area contributed by atoms with Crippen molar-refractivity contribution < 1.29 is 32.3 Å². The van der Waals surface area contributed by atoms with Gasteiger partial charge in [-0.05, 0) is 48.5 Å². The molecule has 0 aliphatic carbocycles. The van der Waals surface area contributed by atoms with Crippen molar-refractivity contribution in [2.24, 2.45) is 0 Å². The van der Waals surface area contributed by atoms with Gasteiger partial charge in [0.25, 0.3) is 15.9 Å². The van der Waals surface area contributed by atoms with Gasteiger partial charge in [0, 0.05) is 5.69 Å². The van der Waals surface area contributed by atoms with Crippen molar-refractivity contribution in [1.82, 2.24) is 0 Å². The third-order valence-electron chi connectivity index (χ3n) is 4.61. The Morgan fingerprint density at radius 2 is 1.50 bits per heavy atom. The number of ether oxygens (including phenoxy) is 2. The number of methoxy groups -OCH3 is 2. The summed E-state index contributed by atoms with van der Waals surface area (Å²) in [6.45, 7) is 0. The molecular weight excluding hydrogens is 484 g/mol. The highest BCUT2D eigenvalue weighted by Crippen LogP contribution is 2.26. The lowest BCUT2D eigenvalue weighted by atomic mass is 10.1. The first-order valence-electron chi connectivity index (χ1n) is 9.65. The minimum Gasteiger partial charge on any atom is -0.465 e. The van der Waals surface area contributed by atoms with E-state index in [1.807, 2.05) is 0 Å². The van der Waals surface area contributed by atoms with Crippen LogP contribution in [0.4, 0.5) is 11.4 Å². The monoisotopic (exact) mass is 502 g/mol. The number of rotatable bonds is 7. The molecule has 34 heavy (non-hydrogen) atoms. The Labute approximate surface area is 200 Å². The first-order valence-corrected chi connectivity index (χ1v) is 11.5.